The zero-order chi connectivity index (χ0) is 11.0. The second kappa shape index (κ2) is 3.45. The first kappa shape index (κ1) is 9.09. The van der Waals surface area contributed by atoms with Crippen molar-refractivity contribution in [3.63, 3.8) is 0 Å². The molecule has 0 bridgehead atoms. The monoisotopic (exact) mass is 209 g/mol. The van der Waals surface area contributed by atoms with Crippen molar-refractivity contribution >= 4 is 10.8 Å². The Hall–Kier alpha value is -2.16. The normalized spacial score (nSPS) is 10.8. The molecule has 1 heterocycles. The van der Waals surface area contributed by atoms with E-state index >= 15 is 0 Å². The van der Waals surface area contributed by atoms with Gasteiger partial charge in [0.15, 0.2) is 0 Å². The van der Waals surface area contributed by atoms with Crippen LogP contribution in [0, 0.1) is 0 Å². The predicted molar refractivity (Wildman–Crippen MR) is 63.9 cm³/mol. The molecule has 78 valence electrons. The average molecular weight is 209 g/mol. The maximum Gasteiger partial charge on any atom is 0.113 e. The van der Waals surface area contributed by atoms with E-state index in [1.165, 1.54) is 10.8 Å². The van der Waals surface area contributed by atoms with Crippen LogP contribution in [0.15, 0.2) is 48.7 Å². The third-order valence-electron chi connectivity index (χ3n) is 2.65. The third kappa shape index (κ3) is 1.46. The van der Waals surface area contributed by atoms with Gasteiger partial charge in [-0.2, -0.15) is 0 Å². The SMILES string of the molecule is Cn1cc(-c2ccc3ccccc3c2)nn1. The van der Waals surface area contributed by atoms with Gasteiger partial charge in [0, 0.05) is 12.6 Å². The van der Waals surface area contributed by atoms with E-state index in [4.69, 9.17) is 0 Å². The predicted octanol–water partition coefficient (Wildman–Crippen LogP) is 2.64. The summed E-state index contributed by atoms with van der Waals surface area (Å²) >= 11 is 0. The second-order valence-corrected chi connectivity index (χ2v) is 3.84. The molecule has 0 aliphatic heterocycles. The lowest BCUT2D eigenvalue weighted by atomic mass is 10.1. The van der Waals surface area contributed by atoms with Gasteiger partial charge in [0.05, 0.1) is 6.20 Å². The van der Waals surface area contributed by atoms with Gasteiger partial charge in [0.2, 0.25) is 0 Å². The minimum absolute atomic E-state index is 0.910. The minimum Gasteiger partial charge on any atom is -0.255 e. The van der Waals surface area contributed by atoms with E-state index in [-0.39, 0.29) is 0 Å². The first-order chi connectivity index (χ1) is 7.83. The highest BCUT2D eigenvalue weighted by Crippen LogP contribution is 2.22. The van der Waals surface area contributed by atoms with Crippen LogP contribution in [-0.2, 0) is 7.05 Å². The quantitative estimate of drug-likeness (QED) is 0.616. The molecule has 0 radical (unpaired) electrons. The summed E-state index contributed by atoms with van der Waals surface area (Å²) in [6.07, 6.45) is 1.92. The van der Waals surface area contributed by atoms with Crippen molar-refractivity contribution in [2.24, 2.45) is 7.05 Å². The van der Waals surface area contributed by atoms with Crippen LogP contribution < -0.4 is 0 Å². The van der Waals surface area contributed by atoms with Gasteiger partial charge in [-0.25, -0.2) is 0 Å². The average Bonchev–Trinajstić information content (AvgIpc) is 2.75. The summed E-state index contributed by atoms with van der Waals surface area (Å²) in [6.45, 7) is 0. The van der Waals surface area contributed by atoms with Crippen molar-refractivity contribution in [3.8, 4) is 11.3 Å². The summed E-state index contributed by atoms with van der Waals surface area (Å²) in [5.41, 5.74) is 2.01. The van der Waals surface area contributed by atoms with E-state index in [0.29, 0.717) is 0 Å². The lowest BCUT2D eigenvalue weighted by molar-refractivity contribution is 0.715. The molecule has 0 spiro atoms. The van der Waals surface area contributed by atoms with Gasteiger partial charge in [-0.1, -0.05) is 41.6 Å². The molecule has 0 saturated heterocycles. The zero-order valence-corrected chi connectivity index (χ0v) is 8.96. The molecule has 0 aliphatic rings. The molecule has 1 aromatic heterocycles. The fourth-order valence-corrected chi connectivity index (χ4v) is 1.83. The summed E-state index contributed by atoms with van der Waals surface area (Å²) in [5.74, 6) is 0. The molecule has 3 aromatic rings. The largest absolute Gasteiger partial charge is 0.255 e. The molecule has 3 nitrogen and oxygen atoms in total. The Morgan fingerprint density at radius 3 is 2.56 bits per heavy atom. The number of benzene rings is 2. The third-order valence-corrected chi connectivity index (χ3v) is 2.65. The first-order valence-electron chi connectivity index (χ1n) is 5.18. The van der Waals surface area contributed by atoms with E-state index in [0.717, 1.165) is 11.3 Å². The van der Waals surface area contributed by atoms with Crippen molar-refractivity contribution < 1.29 is 0 Å². The van der Waals surface area contributed by atoms with E-state index in [9.17, 15) is 0 Å². The van der Waals surface area contributed by atoms with Crippen molar-refractivity contribution in [3.05, 3.63) is 48.7 Å². The molecule has 0 aliphatic carbocycles. The lowest BCUT2D eigenvalue weighted by Gasteiger charge is -1.99. The molecule has 0 fully saturated rings. The summed E-state index contributed by atoms with van der Waals surface area (Å²) in [4.78, 5) is 0. The molecule has 16 heavy (non-hydrogen) atoms. The zero-order valence-electron chi connectivity index (χ0n) is 8.96. The van der Waals surface area contributed by atoms with E-state index in [1.54, 1.807) is 4.68 Å². The highest BCUT2D eigenvalue weighted by Gasteiger charge is 2.02. The van der Waals surface area contributed by atoms with Crippen LogP contribution >= 0.6 is 0 Å². The van der Waals surface area contributed by atoms with Gasteiger partial charge in [-0.05, 0) is 16.8 Å². The first-order valence-corrected chi connectivity index (χ1v) is 5.18. The summed E-state index contributed by atoms with van der Waals surface area (Å²) < 4.78 is 1.71. The van der Waals surface area contributed by atoms with Crippen molar-refractivity contribution in [1.82, 2.24) is 15.0 Å². The van der Waals surface area contributed by atoms with Crippen LogP contribution in [0.4, 0.5) is 0 Å². The molecule has 0 amide bonds. The molecule has 0 atom stereocenters. The highest BCUT2D eigenvalue weighted by molar-refractivity contribution is 5.86. The van der Waals surface area contributed by atoms with E-state index in [1.807, 2.05) is 25.4 Å². The Bertz CT molecular complexity index is 640. The smallest absolute Gasteiger partial charge is 0.113 e. The molecular weight excluding hydrogens is 198 g/mol. The van der Waals surface area contributed by atoms with Crippen molar-refractivity contribution in [2.45, 2.75) is 0 Å². The van der Waals surface area contributed by atoms with Crippen LogP contribution in [0.3, 0.4) is 0 Å². The Morgan fingerprint density at radius 1 is 1.00 bits per heavy atom. The Labute approximate surface area is 93.3 Å². The van der Waals surface area contributed by atoms with E-state index in [2.05, 4.69) is 40.6 Å². The number of rotatable bonds is 1. The maximum atomic E-state index is 4.11. The van der Waals surface area contributed by atoms with Crippen LogP contribution in [0.25, 0.3) is 22.0 Å². The van der Waals surface area contributed by atoms with Crippen molar-refractivity contribution in [1.29, 1.82) is 0 Å². The van der Waals surface area contributed by atoms with Gasteiger partial charge < -0.3 is 0 Å². The maximum absolute atomic E-state index is 4.11. The van der Waals surface area contributed by atoms with Gasteiger partial charge in [0.1, 0.15) is 5.69 Å². The number of aryl methyl sites for hydroxylation is 1. The molecule has 2 aromatic carbocycles. The van der Waals surface area contributed by atoms with Gasteiger partial charge in [0.25, 0.3) is 0 Å². The van der Waals surface area contributed by atoms with Gasteiger partial charge in [-0.3, -0.25) is 4.68 Å². The molecular formula is C13H11N3. The molecule has 0 saturated carbocycles. The molecule has 3 rings (SSSR count). The minimum atomic E-state index is 0.910. The van der Waals surface area contributed by atoms with Gasteiger partial charge in [-0.15, -0.1) is 5.10 Å². The lowest BCUT2D eigenvalue weighted by Crippen LogP contribution is -1.85. The molecule has 0 N–H and O–H groups in total. The Balaban J connectivity index is 2.18. The number of fused-ring (bicyclic) bond motifs is 1. The molecule has 3 heteroatoms. The van der Waals surface area contributed by atoms with Crippen LogP contribution in [0.5, 0.6) is 0 Å². The molecule has 0 unspecified atom stereocenters. The fraction of sp³-hybridized carbons (Fsp3) is 0.0769. The number of aromatic nitrogens is 3. The number of hydrogen-bond donors (Lipinski definition) is 0. The summed E-state index contributed by atoms with van der Waals surface area (Å²) in [5, 5.41) is 10.5. The van der Waals surface area contributed by atoms with Gasteiger partial charge >= 0.3 is 0 Å². The van der Waals surface area contributed by atoms with Crippen LogP contribution in [0.2, 0.25) is 0 Å². The number of hydrogen-bond acceptors (Lipinski definition) is 2. The Kier molecular flexibility index (Phi) is 1.96. The summed E-state index contributed by atoms with van der Waals surface area (Å²) in [6, 6.07) is 14.6. The summed E-state index contributed by atoms with van der Waals surface area (Å²) in [7, 11) is 1.87. The fourth-order valence-electron chi connectivity index (χ4n) is 1.83. The van der Waals surface area contributed by atoms with Crippen LogP contribution in [-0.4, -0.2) is 15.0 Å². The topological polar surface area (TPSA) is 30.7 Å². The standard InChI is InChI=1S/C13H11N3/c1-16-9-13(14-15-16)12-7-6-10-4-2-3-5-11(10)8-12/h2-9H,1H3. The van der Waals surface area contributed by atoms with E-state index < -0.39 is 0 Å². The highest BCUT2D eigenvalue weighted by atomic mass is 15.4. The number of nitrogens with zero attached hydrogens (tertiary/aromatic N) is 3. The van der Waals surface area contributed by atoms with Crippen molar-refractivity contribution in [2.75, 3.05) is 0 Å². The Morgan fingerprint density at radius 2 is 1.81 bits per heavy atom. The second-order valence-electron chi connectivity index (χ2n) is 3.84. The van der Waals surface area contributed by atoms with Crippen LogP contribution in [0.1, 0.15) is 0 Å².